The fourth-order valence-corrected chi connectivity index (χ4v) is 7.25. The van der Waals surface area contributed by atoms with E-state index in [9.17, 15) is 0 Å². The molecule has 2 heteroatoms. The van der Waals surface area contributed by atoms with Gasteiger partial charge in [-0.2, -0.15) is 0 Å². The molecule has 0 bridgehead atoms. The van der Waals surface area contributed by atoms with Crippen molar-refractivity contribution in [3.05, 3.63) is 43.0 Å². The van der Waals surface area contributed by atoms with Gasteiger partial charge in [-0.1, -0.05) is 74.0 Å². The van der Waals surface area contributed by atoms with Gasteiger partial charge in [-0.25, -0.2) is 0 Å². The Hall–Kier alpha value is -0.863. The first-order valence-corrected chi connectivity index (χ1v) is 11.4. The first-order valence-electron chi connectivity index (χ1n) is 8.32. The maximum Gasteiger partial charge on any atom is 0.0901 e. The summed E-state index contributed by atoms with van der Waals surface area (Å²) in [6, 6.07) is 11.0. The van der Waals surface area contributed by atoms with Crippen LogP contribution in [-0.2, 0) is 4.74 Å². The fourth-order valence-electron chi connectivity index (χ4n) is 3.99. The van der Waals surface area contributed by atoms with Crippen molar-refractivity contribution >= 4 is 13.3 Å². The van der Waals surface area contributed by atoms with Gasteiger partial charge in [0, 0.05) is 12.7 Å². The van der Waals surface area contributed by atoms with Gasteiger partial charge in [0.25, 0.3) is 0 Å². The number of benzene rings is 1. The van der Waals surface area contributed by atoms with Gasteiger partial charge in [-0.05, 0) is 18.8 Å². The third kappa shape index (κ3) is 3.67. The zero-order valence-corrected chi connectivity index (χ0v) is 14.8. The number of hydrogen-bond donors (Lipinski definition) is 0. The van der Waals surface area contributed by atoms with Crippen molar-refractivity contribution in [3.8, 4) is 0 Å². The Kier molecular flexibility index (Phi) is 5.83. The lowest BCUT2D eigenvalue weighted by Crippen LogP contribution is -2.51. The average Bonchev–Trinajstić information content (AvgIpc) is 2.54. The molecule has 0 heterocycles. The van der Waals surface area contributed by atoms with E-state index in [2.05, 4.69) is 56.1 Å². The first-order chi connectivity index (χ1) is 10.1. The van der Waals surface area contributed by atoms with Crippen LogP contribution in [0.1, 0.15) is 32.1 Å². The number of ether oxygens (including phenoxy) is 1. The van der Waals surface area contributed by atoms with Crippen molar-refractivity contribution in [1.82, 2.24) is 0 Å². The van der Waals surface area contributed by atoms with Crippen molar-refractivity contribution in [2.45, 2.75) is 56.8 Å². The topological polar surface area (TPSA) is 9.23 Å². The van der Waals surface area contributed by atoms with E-state index in [1.807, 2.05) is 7.11 Å². The van der Waals surface area contributed by atoms with Crippen LogP contribution in [0.5, 0.6) is 0 Å². The van der Waals surface area contributed by atoms with E-state index in [4.69, 9.17) is 4.74 Å². The van der Waals surface area contributed by atoms with E-state index in [1.54, 1.807) is 0 Å². The van der Waals surface area contributed by atoms with E-state index in [0.29, 0.717) is 17.6 Å². The van der Waals surface area contributed by atoms with Crippen LogP contribution in [0.15, 0.2) is 43.0 Å². The molecule has 116 valence electrons. The van der Waals surface area contributed by atoms with E-state index in [0.717, 1.165) is 0 Å². The lowest BCUT2D eigenvalue weighted by Gasteiger charge is -2.41. The van der Waals surface area contributed by atoms with Crippen molar-refractivity contribution in [2.24, 2.45) is 5.92 Å². The SMILES string of the molecule is C=C[C@H]([C@@H](OC)C1CCCCC1)[Si](C)(C)c1ccccc1. The van der Waals surface area contributed by atoms with Gasteiger partial charge in [0.2, 0.25) is 0 Å². The molecule has 21 heavy (non-hydrogen) atoms. The zero-order chi connectivity index (χ0) is 15.3. The molecule has 0 N–H and O–H groups in total. The second-order valence-corrected chi connectivity index (χ2v) is 11.6. The van der Waals surface area contributed by atoms with Gasteiger partial charge in [0.05, 0.1) is 14.2 Å². The second-order valence-electron chi connectivity index (χ2n) is 6.95. The Balaban J connectivity index is 2.25. The molecule has 0 aromatic heterocycles. The minimum absolute atomic E-state index is 0.338. The highest BCUT2D eigenvalue weighted by Gasteiger charge is 2.40. The molecular weight excluding hydrogens is 272 g/mol. The van der Waals surface area contributed by atoms with Gasteiger partial charge in [-0.3, -0.25) is 0 Å². The Morgan fingerprint density at radius 3 is 2.29 bits per heavy atom. The smallest absolute Gasteiger partial charge is 0.0901 e. The highest BCUT2D eigenvalue weighted by molar-refractivity contribution is 6.91. The van der Waals surface area contributed by atoms with Gasteiger partial charge in [0.1, 0.15) is 0 Å². The predicted octanol–water partition coefficient (Wildman–Crippen LogP) is 4.75. The monoisotopic (exact) mass is 302 g/mol. The molecule has 2 rings (SSSR count). The van der Waals surface area contributed by atoms with E-state index in [1.165, 1.54) is 37.3 Å². The number of hydrogen-bond acceptors (Lipinski definition) is 1. The lowest BCUT2D eigenvalue weighted by molar-refractivity contribution is 0.0379. The predicted molar refractivity (Wildman–Crippen MR) is 94.9 cm³/mol. The summed E-state index contributed by atoms with van der Waals surface area (Å²) in [5, 5.41) is 1.51. The highest BCUT2D eigenvalue weighted by atomic mass is 28.3. The van der Waals surface area contributed by atoms with Crippen LogP contribution in [0, 0.1) is 5.92 Å². The molecule has 2 atom stereocenters. The van der Waals surface area contributed by atoms with Crippen molar-refractivity contribution in [1.29, 1.82) is 0 Å². The maximum atomic E-state index is 6.01. The van der Waals surface area contributed by atoms with Crippen molar-refractivity contribution in [2.75, 3.05) is 7.11 Å². The summed E-state index contributed by atoms with van der Waals surface area (Å²) in [5.41, 5.74) is 0.480. The number of rotatable bonds is 6. The first kappa shape index (κ1) is 16.5. The molecule has 1 aromatic rings. The molecular formula is C19H30OSi. The summed E-state index contributed by atoms with van der Waals surface area (Å²) in [4.78, 5) is 0. The quantitative estimate of drug-likeness (QED) is 0.544. The molecule has 0 saturated heterocycles. The molecule has 1 nitrogen and oxygen atoms in total. The molecule has 1 aliphatic carbocycles. The maximum absolute atomic E-state index is 6.01. The Morgan fingerprint density at radius 2 is 1.76 bits per heavy atom. The van der Waals surface area contributed by atoms with Crippen LogP contribution >= 0.6 is 0 Å². The molecule has 0 spiro atoms. The van der Waals surface area contributed by atoms with Gasteiger partial charge >= 0.3 is 0 Å². The van der Waals surface area contributed by atoms with E-state index >= 15 is 0 Å². The normalized spacial score (nSPS) is 20.0. The van der Waals surface area contributed by atoms with E-state index < -0.39 is 8.07 Å². The summed E-state index contributed by atoms with van der Waals surface area (Å²) in [6.07, 6.45) is 9.28. The minimum atomic E-state index is -1.62. The van der Waals surface area contributed by atoms with Crippen LogP contribution in [0.4, 0.5) is 0 Å². The Labute approximate surface area is 131 Å². The molecule has 0 aliphatic heterocycles. The zero-order valence-electron chi connectivity index (χ0n) is 13.8. The average molecular weight is 303 g/mol. The third-order valence-electron chi connectivity index (χ3n) is 5.35. The third-order valence-corrected chi connectivity index (χ3v) is 9.40. The van der Waals surface area contributed by atoms with E-state index in [-0.39, 0.29) is 0 Å². The van der Waals surface area contributed by atoms with Crippen LogP contribution in [0.2, 0.25) is 18.6 Å². The molecule has 1 aromatic carbocycles. The summed E-state index contributed by atoms with van der Waals surface area (Å²) in [5.74, 6) is 0.710. The Bertz CT molecular complexity index is 434. The standard InChI is InChI=1S/C19H30OSi/c1-5-18(19(20-2)16-12-8-6-9-13-16)21(3,4)17-14-10-7-11-15-17/h5,7,10-11,14-16,18-19H,1,6,8-9,12-13H2,2-4H3/t18-,19+/m1/s1. The van der Waals surface area contributed by atoms with Gasteiger partial charge in [0.15, 0.2) is 0 Å². The van der Waals surface area contributed by atoms with Gasteiger partial charge < -0.3 is 4.74 Å². The van der Waals surface area contributed by atoms with Gasteiger partial charge in [-0.15, -0.1) is 6.58 Å². The fraction of sp³-hybridized carbons (Fsp3) is 0.579. The molecule has 0 radical (unpaired) electrons. The second kappa shape index (κ2) is 7.41. The lowest BCUT2D eigenvalue weighted by atomic mass is 9.84. The van der Waals surface area contributed by atoms with Crippen LogP contribution in [0.25, 0.3) is 0 Å². The highest BCUT2D eigenvalue weighted by Crippen LogP contribution is 2.38. The molecule has 0 unspecified atom stereocenters. The van der Waals surface area contributed by atoms with Crippen LogP contribution < -0.4 is 5.19 Å². The molecule has 1 saturated carbocycles. The molecule has 0 amide bonds. The minimum Gasteiger partial charge on any atom is -0.381 e. The van der Waals surface area contributed by atoms with Crippen molar-refractivity contribution < 1.29 is 4.74 Å². The van der Waals surface area contributed by atoms with Crippen LogP contribution in [0.3, 0.4) is 0 Å². The summed E-state index contributed by atoms with van der Waals surface area (Å²) in [7, 11) is 0.274. The van der Waals surface area contributed by atoms with Crippen molar-refractivity contribution in [3.63, 3.8) is 0 Å². The largest absolute Gasteiger partial charge is 0.381 e. The number of methoxy groups -OCH3 is 1. The molecule has 1 aliphatic rings. The van der Waals surface area contributed by atoms with Crippen LogP contribution in [-0.4, -0.2) is 21.3 Å². The Morgan fingerprint density at radius 1 is 1.14 bits per heavy atom. The summed E-state index contributed by atoms with van der Waals surface area (Å²) < 4.78 is 6.01. The summed E-state index contributed by atoms with van der Waals surface area (Å²) >= 11 is 0. The molecule has 1 fully saturated rings. The summed E-state index contributed by atoms with van der Waals surface area (Å²) in [6.45, 7) is 9.09.